The molecule has 1 atom stereocenters. The second-order valence-electron chi connectivity index (χ2n) is 5.93. The number of fused-ring (bicyclic) bond motifs is 1. The standard InChI is InChI=1S/C16H23NO3/c1-18-11-5-7-16(8-6-11)10-14(17)13-4-3-12(19-2)9-15(13)20-16/h3-4,9,11,14H,5-8,10,17H2,1-2H3/t11?,14-,16?/m0/s1. The lowest BCUT2D eigenvalue weighted by molar-refractivity contribution is -0.0429. The second kappa shape index (κ2) is 5.26. The third-order valence-electron chi connectivity index (χ3n) is 4.72. The van der Waals surface area contributed by atoms with Gasteiger partial charge in [-0.1, -0.05) is 6.07 Å². The Morgan fingerprint density at radius 3 is 2.65 bits per heavy atom. The van der Waals surface area contributed by atoms with Crippen LogP contribution in [-0.4, -0.2) is 25.9 Å². The van der Waals surface area contributed by atoms with Crippen molar-refractivity contribution in [2.75, 3.05) is 14.2 Å². The van der Waals surface area contributed by atoms with Gasteiger partial charge < -0.3 is 19.9 Å². The van der Waals surface area contributed by atoms with Crippen molar-refractivity contribution in [2.45, 2.75) is 49.9 Å². The molecule has 20 heavy (non-hydrogen) atoms. The molecule has 0 amide bonds. The average molecular weight is 277 g/mol. The van der Waals surface area contributed by atoms with E-state index in [1.165, 1.54) is 0 Å². The van der Waals surface area contributed by atoms with Gasteiger partial charge in [0.2, 0.25) is 0 Å². The summed E-state index contributed by atoms with van der Waals surface area (Å²) in [4.78, 5) is 0. The van der Waals surface area contributed by atoms with Gasteiger partial charge in [-0.2, -0.15) is 0 Å². The zero-order chi connectivity index (χ0) is 14.2. The molecule has 1 aromatic rings. The number of rotatable bonds is 2. The van der Waals surface area contributed by atoms with Gasteiger partial charge in [0.1, 0.15) is 17.1 Å². The highest BCUT2D eigenvalue weighted by Crippen LogP contribution is 2.46. The number of ether oxygens (including phenoxy) is 3. The van der Waals surface area contributed by atoms with Gasteiger partial charge in [0.05, 0.1) is 13.2 Å². The van der Waals surface area contributed by atoms with E-state index in [-0.39, 0.29) is 11.6 Å². The van der Waals surface area contributed by atoms with Gasteiger partial charge in [-0.15, -0.1) is 0 Å². The predicted octanol–water partition coefficient (Wildman–Crippen LogP) is 2.81. The summed E-state index contributed by atoms with van der Waals surface area (Å²) in [6, 6.07) is 5.97. The van der Waals surface area contributed by atoms with Crippen LogP contribution in [0.1, 0.15) is 43.7 Å². The lowest BCUT2D eigenvalue weighted by atomic mass is 9.76. The minimum absolute atomic E-state index is 0.0451. The summed E-state index contributed by atoms with van der Waals surface area (Å²) in [6.45, 7) is 0. The molecule has 1 aliphatic carbocycles. The highest BCUT2D eigenvalue weighted by molar-refractivity contribution is 5.44. The molecule has 110 valence electrons. The molecule has 3 rings (SSSR count). The maximum Gasteiger partial charge on any atom is 0.128 e. The van der Waals surface area contributed by atoms with Crippen LogP contribution in [0.5, 0.6) is 11.5 Å². The number of nitrogens with two attached hydrogens (primary N) is 1. The van der Waals surface area contributed by atoms with Gasteiger partial charge in [0.25, 0.3) is 0 Å². The smallest absolute Gasteiger partial charge is 0.128 e. The molecule has 1 fully saturated rings. The Bertz CT molecular complexity index is 481. The summed E-state index contributed by atoms with van der Waals surface area (Å²) in [7, 11) is 3.46. The van der Waals surface area contributed by atoms with Crippen LogP contribution in [0.25, 0.3) is 0 Å². The fourth-order valence-corrected chi connectivity index (χ4v) is 3.48. The molecule has 2 N–H and O–H groups in total. The SMILES string of the molecule is COc1ccc2c(c1)OC1(CCC(OC)CC1)C[C@@H]2N. The molecular weight excluding hydrogens is 254 g/mol. The van der Waals surface area contributed by atoms with E-state index in [1.54, 1.807) is 14.2 Å². The van der Waals surface area contributed by atoms with Gasteiger partial charge >= 0.3 is 0 Å². The Morgan fingerprint density at radius 2 is 2.00 bits per heavy atom. The Labute approximate surface area is 120 Å². The van der Waals surface area contributed by atoms with Crippen molar-refractivity contribution in [1.29, 1.82) is 0 Å². The fourth-order valence-electron chi connectivity index (χ4n) is 3.48. The second-order valence-corrected chi connectivity index (χ2v) is 5.93. The average Bonchev–Trinajstić information content (AvgIpc) is 2.47. The Balaban J connectivity index is 1.84. The number of hydrogen-bond donors (Lipinski definition) is 1. The summed E-state index contributed by atoms with van der Waals surface area (Å²) >= 11 is 0. The molecule has 0 saturated heterocycles. The number of methoxy groups -OCH3 is 2. The summed E-state index contributed by atoms with van der Waals surface area (Å²) in [6.07, 6.45) is 5.37. The first-order chi connectivity index (χ1) is 9.65. The van der Waals surface area contributed by atoms with Crippen LogP contribution in [-0.2, 0) is 4.74 Å². The Hall–Kier alpha value is -1.26. The molecule has 1 aromatic carbocycles. The largest absolute Gasteiger partial charge is 0.497 e. The third-order valence-corrected chi connectivity index (χ3v) is 4.72. The maximum absolute atomic E-state index is 6.36. The van der Waals surface area contributed by atoms with E-state index >= 15 is 0 Å². The van der Waals surface area contributed by atoms with Crippen LogP contribution in [0.3, 0.4) is 0 Å². The quantitative estimate of drug-likeness (QED) is 0.903. The molecule has 0 radical (unpaired) electrons. The first-order valence-electron chi connectivity index (χ1n) is 7.31. The molecule has 1 spiro atoms. The van der Waals surface area contributed by atoms with E-state index in [1.807, 2.05) is 18.2 Å². The Kier molecular flexibility index (Phi) is 3.61. The van der Waals surface area contributed by atoms with Crippen LogP contribution >= 0.6 is 0 Å². The highest BCUT2D eigenvalue weighted by atomic mass is 16.5. The summed E-state index contributed by atoms with van der Waals surface area (Å²) in [5.74, 6) is 1.71. The first kappa shape index (κ1) is 13.7. The van der Waals surface area contributed by atoms with Crippen molar-refractivity contribution in [3.05, 3.63) is 23.8 Å². The van der Waals surface area contributed by atoms with Crippen LogP contribution in [0.4, 0.5) is 0 Å². The number of hydrogen-bond acceptors (Lipinski definition) is 4. The predicted molar refractivity (Wildman–Crippen MR) is 77.2 cm³/mol. The first-order valence-corrected chi connectivity index (χ1v) is 7.31. The van der Waals surface area contributed by atoms with Crippen molar-refractivity contribution in [1.82, 2.24) is 0 Å². The molecule has 2 aliphatic rings. The van der Waals surface area contributed by atoms with E-state index in [0.29, 0.717) is 6.10 Å². The lowest BCUT2D eigenvalue weighted by Crippen LogP contribution is -2.46. The van der Waals surface area contributed by atoms with Crippen molar-refractivity contribution in [3.63, 3.8) is 0 Å². The topological polar surface area (TPSA) is 53.7 Å². The molecule has 1 aliphatic heterocycles. The van der Waals surface area contributed by atoms with E-state index in [0.717, 1.165) is 49.2 Å². The molecular formula is C16H23NO3. The zero-order valence-corrected chi connectivity index (χ0v) is 12.2. The van der Waals surface area contributed by atoms with Crippen LogP contribution < -0.4 is 15.2 Å². The molecule has 4 heteroatoms. The van der Waals surface area contributed by atoms with Crippen LogP contribution in [0.15, 0.2) is 18.2 Å². The van der Waals surface area contributed by atoms with Gasteiger partial charge in [-0.3, -0.25) is 0 Å². The molecule has 1 saturated carbocycles. The molecule has 0 aromatic heterocycles. The maximum atomic E-state index is 6.36. The van der Waals surface area contributed by atoms with Gasteiger partial charge in [-0.05, 0) is 31.7 Å². The van der Waals surface area contributed by atoms with E-state index < -0.39 is 0 Å². The van der Waals surface area contributed by atoms with E-state index in [2.05, 4.69) is 0 Å². The molecule has 1 heterocycles. The monoisotopic (exact) mass is 277 g/mol. The minimum atomic E-state index is -0.117. The lowest BCUT2D eigenvalue weighted by Gasteiger charge is -2.45. The van der Waals surface area contributed by atoms with E-state index in [4.69, 9.17) is 19.9 Å². The van der Waals surface area contributed by atoms with Crippen molar-refractivity contribution in [3.8, 4) is 11.5 Å². The van der Waals surface area contributed by atoms with Crippen LogP contribution in [0, 0.1) is 0 Å². The van der Waals surface area contributed by atoms with E-state index in [9.17, 15) is 0 Å². The fraction of sp³-hybridized carbons (Fsp3) is 0.625. The zero-order valence-electron chi connectivity index (χ0n) is 12.2. The highest BCUT2D eigenvalue weighted by Gasteiger charge is 2.42. The minimum Gasteiger partial charge on any atom is -0.497 e. The molecule has 4 nitrogen and oxygen atoms in total. The molecule has 0 bridgehead atoms. The Morgan fingerprint density at radius 1 is 1.25 bits per heavy atom. The summed E-state index contributed by atoms with van der Waals surface area (Å²) < 4.78 is 17.1. The van der Waals surface area contributed by atoms with Gasteiger partial charge in [-0.25, -0.2) is 0 Å². The van der Waals surface area contributed by atoms with Crippen molar-refractivity contribution >= 4 is 0 Å². The van der Waals surface area contributed by atoms with Gasteiger partial charge in [0.15, 0.2) is 0 Å². The van der Waals surface area contributed by atoms with Crippen molar-refractivity contribution in [2.24, 2.45) is 5.73 Å². The van der Waals surface area contributed by atoms with Crippen LogP contribution in [0.2, 0.25) is 0 Å². The number of benzene rings is 1. The molecule has 0 unspecified atom stereocenters. The summed E-state index contributed by atoms with van der Waals surface area (Å²) in [5, 5.41) is 0. The van der Waals surface area contributed by atoms with Crippen molar-refractivity contribution < 1.29 is 14.2 Å². The van der Waals surface area contributed by atoms with Gasteiger partial charge in [0, 0.05) is 31.2 Å². The third kappa shape index (κ3) is 2.38. The normalized spacial score (nSPS) is 32.5. The summed E-state index contributed by atoms with van der Waals surface area (Å²) in [5.41, 5.74) is 7.33.